The van der Waals surface area contributed by atoms with Crippen molar-refractivity contribution in [3.05, 3.63) is 84.4 Å². The Balaban J connectivity index is 2.03. The quantitative estimate of drug-likeness (QED) is 0.343. The standard InChI is InChI=1S/C31H39N3O6S/c1-23(30(36)32-31(2,3)4)33(21-20-24-12-8-7-9-13-24)29(35)22-34(27-14-10-11-15-28(27)40-6)41(37,38)26-18-16-25(39-5)17-19-26/h7-19,23H,20-22H2,1-6H3,(H,32,36)/t23-/m1/s1. The third-order valence-corrected chi connectivity index (χ3v) is 8.20. The van der Waals surface area contributed by atoms with Gasteiger partial charge in [-0.25, -0.2) is 8.42 Å². The number of carbonyl (C=O) groups excluding carboxylic acids is 2. The summed E-state index contributed by atoms with van der Waals surface area (Å²) in [6, 6.07) is 21.3. The first-order valence-electron chi connectivity index (χ1n) is 13.3. The summed E-state index contributed by atoms with van der Waals surface area (Å²) in [7, 11) is -1.31. The molecule has 0 radical (unpaired) electrons. The van der Waals surface area contributed by atoms with E-state index < -0.39 is 34.1 Å². The van der Waals surface area contributed by atoms with Crippen molar-refractivity contribution in [2.45, 2.75) is 50.6 Å². The molecule has 0 aromatic heterocycles. The maximum absolute atomic E-state index is 14.0. The van der Waals surface area contributed by atoms with Crippen LogP contribution in [0.2, 0.25) is 0 Å². The fourth-order valence-corrected chi connectivity index (χ4v) is 5.69. The van der Waals surface area contributed by atoms with E-state index in [1.807, 2.05) is 51.1 Å². The number of benzene rings is 3. The molecule has 41 heavy (non-hydrogen) atoms. The van der Waals surface area contributed by atoms with Crippen LogP contribution in [-0.2, 0) is 26.0 Å². The largest absolute Gasteiger partial charge is 0.497 e. The topological polar surface area (TPSA) is 105 Å². The zero-order valence-electron chi connectivity index (χ0n) is 24.5. The number of methoxy groups -OCH3 is 2. The van der Waals surface area contributed by atoms with Gasteiger partial charge in [0, 0.05) is 12.1 Å². The molecule has 0 spiro atoms. The van der Waals surface area contributed by atoms with E-state index in [-0.39, 0.29) is 28.8 Å². The lowest BCUT2D eigenvalue weighted by molar-refractivity contribution is -0.139. The van der Waals surface area contributed by atoms with Crippen LogP contribution >= 0.6 is 0 Å². The first kappa shape index (κ1) is 31.5. The Morgan fingerprint density at radius 1 is 0.878 bits per heavy atom. The van der Waals surface area contributed by atoms with Gasteiger partial charge >= 0.3 is 0 Å². The zero-order chi connectivity index (χ0) is 30.2. The fraction of sp³-hybridized carbons (Fsp3) is 0.355. The number of ether oxygens (including phenoxy) is 2. The van der Waals surface area contributed by atoms with Gasteiger partial charge in [0.1, 0.15) is 24.1 Å². The highest BCUT2D eigenvalue weighted by atomic mass is 32.2. The molecule has 0 heterocycles. The Labute approximate surface area is 243 Å². The summed E-state index contributed by atoms with van der Waals surface area (Å²) in [6.45, 7) is 6.89. The Bertz CT molecular complexity index is 1420. The van der Waals surface area contributed by atoms with E-state index in [1.165, 1.54) is 31.3 Å². The number of para-hydroxylation sites is 2. The van der Waals surface area contributed by atoms with Crippen LogP contribution in [0.3, 0.4) is 0 Å². The second-order valence-corrected chi connectivity index (χ2v) is 12.5. The van der Waals surface area contributed by atoms with E-state index >= 15 is 0 Å². The average molecular weight is 582 g/mol. The highest BCUT2D eigenvalue weighted by Crippen LogP contribution is 2.33. The molecule has 0 aliphatic heterocycles. The van der Waals surface area contributed by atoms with Gasteiger partial charge < -0.3 is 19.7 Å². The molecule has 2 amide bonds. The summed E-state index contributed by atoms with van der Waals surface area (Å²) in [5, 5.41) is 2.93. The molecular weight excluding hydrogens is 542 g/mol. The summed E-state index contributed by atoms with van der Waals surface area (Å²) in [5.41, 5.74) is 0.677. The molecule has 0 aliphatic carbocycles. The van der Waals surface area contributed by atoms with Gasteiger partial charge in [-0.05, 0) is 76.1 Å². The van der Waals surface area contributed by atoms with Crippen molar-refractivity contribution >= 4 is 27.5 Å². The van der Waals surface area contributed by atoms with Crippen molar-refractivity contribution in [2.24, 2.45) is 0 Å². The lowest BCUT2D eigenvalue weighted by atomic mass is 10.1. The van der Waals surface area contributed by atoms with Crippen LogP contribution in [0.5, 0.6) is 11.5 Å². The van der Waals surface area contributed by atoms with Crippen molar-refractivity contribution in [2.75, 3.05) is 31.6 Å². The van der Waals surface area contributed by atoms with Gasteiger partial charge in [0.25, 0.3) is 10.0 Å². The Morgan fingerprint density at radius 2 is 1.49 bits per heavy atom. The number of nitrogens with zero attached hydrogens (tertiary/aromatic N) is 2. The molecule has 1 atom stereocenters. The van der Waals surface area contributed by atoms with Crippen LogP contribution in [0.25, 0.3) is 0 Å². The van der Waals surface area contributed by atoms with Crippen LogP contribution in [0.15, 0.2) is 83.8 Å². The number of hydrogen-bond acceptors (Lipinski definition) is 6. The smallest absolute Gasteiger partial charge is 0.264 e. The zero-order valence-corrected chi connectivity index (χ0v) is 25.3. The third-order valence-electron chi connectivity index (χ3n) is 6.43. The molecule has 0 saturated carbocycles. The first-order valence-corrected chi connectivity index (χ1v) is 14.8. The van der Waals surface area contributed by atoms with E-state index in [9.17, 15) is 18.0 Å². The summed E-state index contributed by atoms with van der Waals surface area (Å²) >= 11 is 0. The Morgan fingerprint density at radius 3 is 2.07 bits per heavy atom. The van der Waals surface area contributed by atoms with E-state index in [0.29, 0.717) is 12.2 Å². The number of amides is 2. The Kier molecular flexibility index (Phi) is 10.4. The second-order valence-electron chi connectivity index (χ2n) is 10.6. The van der Waals surface area contributed by atoms with Crippen molar-refractivity contribution in [1.82, 2.24) is 10.2 Å². The SMILES string of the molecule is COc1ccc(S(=O)(=O)N(CC(=O)N(CCc2ccccc2)[C@H](C)C(=O)NC(C)(C)C)c2ccccc2OC)cc1. The van der Waals surface area contributed by atoms with Crippen LogP contribution in [-0.4, -0.2) is 64.0 Å². The van der Waals surface area contributed by atoms with Crippen molar-refractivity contribution < 1.29 is 27.5 Å². The molecule has 220 valence electrons. The van der Waals surface area contributed by atoms with Gasteiger partial charge in [-0.15, -0.1) is 0 Å². The number of carbonyl (C=O) groups is 2. The normalized spacial score (nSPS) is 12.2. The van der Waals surface area contributed by atoms with Gasteiger partial charge in [0.2, 0.25) is 11.8 Å². The highest BCUT2D eigenvalue weighted by molar-refractivity contribution is 7.92. The van der Waals surface area contributed by atoms with E-state index in [4.69, 9.17) is 9.47 Å². The average Bonchev–Trinajstić information content (AvgIpc) is 2.95. The molecule has 3 aromatic rings. The van der Waals surface area contributed by atoms with E-state index in [1.54, 1.807) is 43.3 Å². The Hall–Kier alpha value is -4.05. The molecule has 1 N–H and O–H groups in total. The fourth-order valence-electron chi connectivity index (χ4n) is 4.27. The van der Waals surface area contributed by atoms with Crippen molar-refractivity contribution in [3.8, 4) is 11.5 Å². The monoisotopic (exact) mass is 581 g/mol. The lowest BCUT2D eigenvalue weighted by Gasteiger charge is -2.33. The number of anilines is 1. The van der Waals surface area contributed by atoms with Gasteiger partial charge in [0.15, 0.2) is 0 Å². The number of sulfonamides is 1. The van der Waals surface area contributed by atoms with E-state index in [0.717, 1.165) is 9.87 Å². The maximum atomic E-state index is 14.0. The number of rotatable bonds is 12. The summed E-state index contributed by atoms with van der Waals surface area (Å²) in [6.07, 6.45) is 0.486. The van der Waals surface area contributed by atoms with E-state index in [2.05, 4.69) is 5.32 Å². The molecule has 0 saturated heterocycles. The van der Waals surface area contributed by atoms with Crippen LogP contribution < -0.4 is 19.1 Å². The summed E-state index contributed by atoms with van der Waals surface area (Å²) in [5.74, 6) is -0.0809. The molecule has 3 aromatic carbocycles. The predicted molar refractivity (Wildman–Crippen MR) is 160 cm³/mol. The molecule has 9 nitrogen and oxygen atoms in total. The minimum atomic E-state index is -4.23. The lowest BCUT2D eigenvalue weighted by Crippen LogP contribution is -2.55. The first-order chi connectivity index (χ1) is 19.4. The summed E-state index contributed by atoms with van der Waals surface area (Å²) in [4.78, 5) is 28.6. The second kappa shape index (κ2) is 13.5. The number of nitrogens with one attached hydrogen (secondary N) is 1. The minimum absolute atomic E-state index is 0.0219. The molecular formula is C31H39N3O6S. The summed E-state index contributed by atoms with van der Waals surface area (Å²) < 4.78 is 39.7. The third kappa shape index (κ3) is 8.23. The number of hydrogen-bond donors (Lipinski definition) is 1. The predicted octanol–water partition coefficient (Wildman–Crippen LogP) is 4.27. The maximum Gasteiger partial charge on any atom is 0.264 e. The van der Waals surface area contributed by atoms with Gasteiger partial charge in [-0.1, -0.05) is 42.5 Å². The van der Waals surface area contributed by atoms with Gasteiger partial charge in [-0.2, -0.15) is 0 Å². The molecule has 0 aliphatic rings. The van der Waals surface area contributed by atoms with Gasteiger partial charge in [0.05, 0.1) is 24.8 Å². The molecule has 0 unspecified atom stereocenters. The van der Waals surface area contributed by atoms with Crippen LogP contribution in [0.1, 0.15) is 33.3 Å². The van der Waals surface area contributed by atoms with Crippen molar-refractivity contribution in [1.29, 1.82) is 0 Å². The van der Waals surface area contributed by atoms with Crippen molar-refractivity contribution in [3.63, 3.8) is 0 Å². The van der Waals surface area contributed by atoms with Crippen LogP contribution in [0, 0.1) is 0 Å². The molecule has 3 rings (SSSR count). The van der Waals surface area contributed by atoms with Gasteiger partial charge in [-0.3, -0.25) is 13.9 Å². The minimum Gasteiger partial charge on any atom is -0.497 e. The molecule has 0 fully saturated rings. The molecule has 0 bridgehead atoms. The molecule has 10 heteroatoms. The van der Waals surface area contributed by atoms with Crippen LogP contribution in [0.4, 0.5) is 5.69 Å². The highest BCUT2D eigenvalue weighted by Gasteiger charge is 2.34.